The first kappa shape index (κ1) is 22.9. The summed E-state index contributed by atoms with van der Waals surface area (Å²) < 4.78 is 8.40. The van der Waals surface area contributed by atoms with Gasteiger partial charge in [-0.2, -0.15) is 9.97 Å². The highest BCUT2D eigenvalue weighted by atomic mass is 16.3. The Labute approximate surface area is 240 Å². The second kappa shape index (κ2) is 8.85. The van der Waals surface area contributed by atoms with Gasteiger partial charge in [-0.25, -0.2) is 4.98 Å². The first-order valence-electron chi connectivity index (χ1n) is 14.0. The SMILES string of the molecule is c1ccc(-c2nc(-c3ccc4c(c3)oc3ccccc34)nc(-n3c4ccccc4c4ccc5ccccc5c43)n2)cc1. The van der Waals surface area contributed by atoms with Crippen LogP contribution in [0.15, 0.2) is 138 Å². The van der Waals surface area contributed by atoms with Crippen LogP contribution in [0.5, 0.6) is 0 Å². The minimum atomic E-state index is 0.575. The van der Waals surface area contributed by atoms with E-state index in [1.54, 1.807) is 0 Å². The highest BCUT2D eigenvalue weighted by molar-refractivity contribution is 6.18. The second-order valence-electron chi connectivity index (χ2n) is 10.5. The van der Waals surface area contributed by atoms with Gasteiger partial charge in [0.15, 0.2) is 11.6 Å². The quantitative estimate of drug-likeness (QED) is 0.225. The van der Waals surface area contributed by atoms with Gasteiger partial charge >= 0.3 is 0 Å². The van der Waals surface area contributed by atoms with Crippen LogP contribution in [-0.2, 0) is 0 Å². The summed E-state index contributed by atoms with van der Waals surface area (Å²) in [4.78, 5) is 15.2. The maximum absolute atomic E-state index is 6.22. The number of furan rings is 1. The topological polar surface area (TPSA) is 56.7 Å². The first-order chi connectivity index (χ1) is 20.8. The summed E-state index contributed by atoms with van der Waals surface area (Å²) in [5, 5.41) is 6.81. The summed E-state index contributed by atoms with van der Waals surface area (Å²) in [6.45, 7) is 0. The molecule has 9 aromatic rings. The molecule has 0 spiro atoms. The van der Waals surface area contributed by atoms with Gasteiger partial charge in [-0.05, 0) is 29.7 Å². The molecule has 0 unspecified atom stereocenters. The van der Waals surface area contributed by atoms with Crippen LogP contribution in [0.25, 0.3) is 83.2 Å². The third kappa shape index (κ3) is 3.40. The normalized spacial score (nSPS) is 11.8. The fourth-order valence-corrected chi connectivity index (χ4v) is 6.11. The van der Waals surface area contributed by atoms with Crippen molar-refractivity contribution in [2.24, 2.45) is 0 Å². The Kier molecular flexibility index (Phi) is 4.83. The molecule has 0 saturated carbocycles. The van der Waals surface area contributed by atoms with E-state index in [2.05, 4.69) is 83.4 Å². The van der Waals surface area contributed by atoms with E-state index in [0.717, 1.165) is 60.3 Å². The molecule has 0 radical (unpaired) electrons. The molecule has 196 valence electrons. The Morgan fingerprint density at radius 2 is 1.12 bits per heavy atom. The third-order valence-electron chi connectivity index (χ3n) is 8.05. The molecule has 0 aliphatic heterocycles. The lowest BCUT2D eigenvalue weighted by molar-refractivity contribution is 0.669. The van der Waals surface area contributed by atoms with Crippen LogP contribution in [0.1, 0.15) is 0 Å². The number of hydrogen-bond donors (Lipinski definition) is 0. The maximum atomic E-state index is 6.22. The largest absolute Gasteiger partial charge is 0.456 e. The zero-order valence-corrected chi connectivity index (χ0v) is 22.4. The lowest BCUT2D eigenvalue weighted by Crippen LogP contribution is -2.06. The number of aromatic nitrogens is 4. The summed E-state index contributed by atoms with van der Waals surface area (Å²) in [5.41, 5.74) is 5.60. The molecule has 0 aliphatic rings. The van der Waals surface area contributed by atoms with Crippen molar-refractivity contribution >= 4 is 54.5 Å². The number of benzene rings is 6. The summed E-state index contributed by atoms with van der Waals surface area (Å²) in [6.07, 6.45) is 0. The molecule has 42 heavy (non-hydrogen) atoms. The molecule has 0 amide bonds. The Morgan fingerprint density at radius 3 is 2.00 bits per heavy atom. The molecular formula is C37H22N4O. The van der Waals surface area contributed by atoms with Gasteiger partial charge in [-0.3, -0.25) is 4.57 Å². The minimum Gasteiger partial charge on any atom is -0.456 e. The van der Waals surface area contributed by atoms with Crippen LogP contribution in [0.3, 0.4) is 0 Å². The molecule has 0 fully saturated rings. The second-order valence-corrected chi connectivity index (χ2v) is 10.5. The van der Waals surface area contributed by atoms with Crippen LogP contribution < -0.4 is 0 Å². The number of para-hydroxylation sites is 2. The Morgan fingerprint density at radius 1 is 0.452 bits per heavy atom. The van der Waals surface area contributed by atoms with Gasteiger partial charge in [-0.1, -0.05) is 109 Å². The molecule has 0 saturated heterocycles. The van der Waals surface area contributed by atoms with E-state index >= 15 is 0 Å². The van der Waals surface area contributed by atoms with Crippen LogP contribution in [-0.4, -0.2) is 19.5 Å². The summed E-state index contributed by atoms with van der Waals surface area (Å²) in [5.74, 6) is 1.78. The summed E-state index contributed by atoms with van der Waals surface area (Å²) in [7, 11) is 0. The van der Waals surface area contributed by atoms with E-state index in [4.69, 9.17) is 19.4 Å². The maximum Gasteiger partial charge on any atom is 0.238 e. The van der Waals surface area contributed by atoms with E-state index in [9.17, 15) is 0 Å². The van der Waals surface area contributed by atoms with Gasteiger partial charge in [0, 0.05) is 38.1 Å². The average molecular weight is 539 g/mol. The Hall–Kier alpha value is -5.81. The van der Waals surface area contributed by atoms with Crippen molar-refractivity contribution in [3.05, 3.63) is 133 Å². The first-order valence-corrected chi connectivity index (χ1v) is 14.0. The van der Waals surface area contributed by atoms with Crippen molar-refractivity contribution in [2.45, 2.75) is 0 Å². The number of fused-ring (bicyclic) bond motifs is 8. The lowest BCUT2D eigenvalue weighted by atomic mass is 10.1. The monoisotopic (exact) mass is 538 g/mol. The molecule has 0 bridgehead atoms. The van der Waals surface area contributed by atoms with Crippen molar-refractivity contribution < 1.29 is 4.42 Å². The van der Waals surface area contributed by atoms with Crippen molar-refractivity contribution in [3.8, 4) is 28.7 Å². The number of rotatable bonds is 3. The van der Waals surface area contributed by atoms with Gasteiger partial charge < -0.3 is 4.42 Å². The molecule has 6 aromatic carbocycles. The highest BCUT2D eigenvalue weighted by Gasteiger charge is 2.19. The average Bonchev–Trinajstić information content (AvgIpc) is 3.60. The zero-order chi connectivity index (χ0) is 27.6. The van der Waals surface area contributed by atoms with Gasteiger partial charge in [0.2, 0.25) is 5.95 Å². The lowest BCUT2D eigenvalue weighted by Gasteiger charge is -2.12. The van der Waals surface area contributed by atoms with E-state index < -0.39 is 0 Å². The smallest absolute Gasteiger partial charge is 0.238 e. The van der Waals surface area contributed by atoms with Crippen molar-refractivity contribution in [3.63, 3.8) is 0 Å². The summed E-state index contributed by atoms with van der Waals surface area (Å²) in [6, 6.07) is 45.7. The minimum absolute atomic E-state index is 0.575. The molecule has 0 atom stereocenters. The highest BCUT2D eigenvalue weighted by Crippen LogP contribution is 2.37. The molecule has 0 aliphatic carbocycles. The van der Waals surface area contributed by atoms with Crippen LogP contribution >= 0.6 is 0 Å². The van der Waals surface area contributed by atoms with E-state index in [0.29, 0.717) is 17.6 Å². The van der Waals surface area contributed by atoms with Crippen molar-refractivity contribution in [2.75, 3.05) is 0 Å². The van der Waals surface area contributed by atoms with E-state index in [1.165, 1.54) is 5.39 Å². The van der Waals surface area contributed by atoms with Gasteiger partial charge in [-0.15, -0.1) is 0 Å². The fourth-order valence-electron chi connectivity index (χ4n) is 6.11. The fraction of sp³-hybridized carbons (Fsp3) is 0. The molecule has 3 heterocycles. The van der Waals surface area contributed by atoms with Crippen LogP contribution in [0, 0.1) is 0 Å². The third-order valence-corrected chi connectivity index (χ3v) is 8.05. The van der Waals surface area contributed by atoms with Gasteiger partial charge in [0.25, 0.3) is 0 Å². The molecule has 0 N–H and O–H groups in total. The van der Waals surface area contributed by atoms with Gasteiger partial charge in [0.05, 0.1) is 11.0 Å². The number of hydrogen-bond acceptors (Lipinski definition) is 4. The zero-order valence-electron chi connectivity index (χ0n) is 22.4. The number of nitrogens with zero attached hydrogens (tertiary/aromatic N) is 4. The predicted molar refractivity (Wildman–Crippen MR) is 170 cm³/mol. The molecule has 5 nitrogen and oxygen atoms in total. The summed E-state index contributed by atoms with van der Waals surface area (Å²) >= 11 is 0. The molecule has 3 aromatic heterocycles. The predicted octanol–water partition coefficient (Wildman–Crippen LogP) is 9.36. The Bertz CT molecular complexity index is 2470. The van der Waals surface area contributed by atoms with E-state index in [1.807, 2.05) is 54.6 Å². The van der Waals surface area contributed by atoms with Gasteiger partial charge in [0.1, 0.15) is 11.2 Å². The van der Waals surface area contributed by atoms with Crippen molar-refractivity contribution in [1.82, 2.24) is 19.5 Å². The molecular weight excluding hydrogens is 516 g/mol. The van der Waals surface area contributed by atoms with Crippen molar-refractivity contribution in [1.29, 1.82) is 0 Å². The Balaban J connectivity index is 1.37. The van der Waals surface area contributed by atoms with Crippen LogP contribution in [0.2, 0.25) is 0 Å². The van der Waals surface area contributed by atoms with Crippen LogP contribution in [0.4, 0.5) is 0 Å². The molecule has 9 rings (SSSR count). The molecule has 5 heteroatoms. The standard InChI is InChI=1S/C37H22N4O/c1-2-11-24(12-3-1)35-38-36(25-19-20-29-28-15-7-9-17-32(28)42-33(29)22-25)40-37(39-35)41-31-16-8-6-14-27(31)30-21-18-23-10-4-5-13-26(23)34(30)41/h1-22H. The van der Waals surface area contributed by atoms with E-state index in [-0.39, 0.29) is 0 Å².